The van der Waals surface area contributed by atoms with Gasteiger partial charge in [-0.1, -0.05) is 6.92 Å². The van der Waals surface area contributed by atoms with Crippen molar-refractivity contribution in [3.63, 3.8) is 0 Å². The Bertz CT molecular complexity index is 308. The summed E-state index contributed by atoms with van der Waals surface area (Å²) in [7, 11) is 0. The lowest BCUT2D eigenvalue weighted by atomic mass is 10.1. The van der Waals surface area contributed by atoms with E-state index in [-0.39, 0.29) is 0 Å². The number of rotatable bonds is 3. The fraction of sp³-hybridized carbons (Fsp3) is 0.667. The van der Waals surface area contributed by atoms with Gasteiger partial charge in [0, 0.05) is 28.9 Å². The second-order valence-electron chi connectivity index (χ2n) is 4.36. The Hall–Kier alpha value is -0.380. The normalized spacial score (nSPS) is 23.2. The standard InChI is InChI=1S/C12H20N2S/c1-2-11-5-6-12(15-11)9-14-7-3-4-10(13)8-14/h5-6,10H,2-4,7-9,13H2,1H3/t10-/m1/s1. The van der Waals surface area contributed by atoms with Gasteiger partial charge >= 0.3 is 0 Å². The molecular formula is C12H20N2S. The Labute approximate surface area is 96.1 Å². The molecule has 1 aliphatic heterocycles. The highest BCUT2D eigenvalue weighted by atomic mass is 32.1. The Balaban J connectivity index is 1.90. The zero-order valence-electron chi connectivity index (χ0n) is 9.41. The molecule has 0 aromatic carbocycles. The lowest BCUT2D eigenvalue weighted by molar-refractivity contribution is 0.203. The summed E-state index contributed by atoms with van der Waals surface area (Å²) in [5.74, 6) is 0. The average Bonchev–Trinajstić information content (AvgIpc) is 2.65. The van der Waals surface area contributed by atoms with Gasteiger partial charge in [0.15, 0.2) is 0 Å². The van der Waals surface area contributed by atoms with Crippen molar-refractivity contribution in [1.29, 1.82) is 0 Å². The zero-order chi connectivity index (χ0) is 10.7. The largest absolute Gasteiger partial charge is 0.327 e. The van der Waals surface area contributed by atoms with Gasteiger partial charge in [0.25, 0.3) is 0 Å². The molecule has 2 heterocycles. The number of thiophene rings is 1. The third-order valence-electron chi connectivity index (χ3n) is 2.99. The van der Waals surface area contributed by atoms with Crippen molar-refractivity contribution in [3.05, 3.63) is 21.9 Å². The lowest BCUT2D eigenvalue weighted by Crippen LogP contribution is -2.42. The van der Waals surface area contributed by atoms with E-state index in [1.165, 1.54) is 29.1 Å². The summed E-state index contributed by atoms with van der Waals surface area (Å²) in [5.41, 5.74) is 5.97. The highest BCUT2D eigenvalue weighted by molar-refractivity contribution is 7.11. The van der Waals surface area contributed by atoms with E-state index in [1.807, 2.05) is 11.3 Å². The number of hydrogen-bond donors (Lipinski definition) is 1. The van der Waals surface area contributed by atoms with Crippen LogP contribution in [0.4, 0.5) is 0 Å². The van der Waals surface area contributed by atoms with Crippen LogP contribution < -0.4 is 5.73 Å². The number of piperidine rings is 1. The number of hydrogen-bond acceptors (Lipinski definition) is 3. The van der Waals surface area contributed by atoms with Gasteiger partial charge in [0.2, 0.25) is 0 Å². The van der Waals surface area contributed by atoms with Gasteiger partial charge in [0.1, 0.15) is 0 Å². The van der Waals surface area contributed by atoms with E-state index in [0.717, 1.165) is 19.5 Å². The molecule has 0 saturated carbocycles. The van der Waals surface area contributed by atoms with Crippen molar-refractivity contribution < 1.29 is 0 Å². The highest BCUT2D eigenvalue weighted by Crippen LogP contribution is 2.20. The first-order valence-electron chi connectivity index (χ1n) is 5.83. The van der Waals surface area contributed by atoms with Crippen LogP contribution in [0.15, 0.2) is 12.1 Å². The van der Waals surface area contributed by atoms with Gasteiger partial charge in [-0.25, -0.2) is 0 Å². The minimum atomic E-state index is 0.393. The first-order valence-corrected chi connectivity index (χ1v) is 6.65. The summed E-state index contributed by atoms with van der Waals surface area (Å²) in [4.78, 5) is 5.46. The first kappa shape index (κ1) is 11.1. The van der Waals surface area contributed by atoms with Crippen LogP contribution in [0, 0.1) is 0 Å². The summed E-state index contributed by atoms with van der Waals surface area (Å²) in [5, 5.41) is 0. The maximum atomic E-state index is 5.97. The zero-order valence-corrected chi connectivity index (χ0v) is 10.2. The summed E-state index contributed by atoms with van der Waals surface area (Å²) in [6.45, 7) is 5.59. The Morgan fingerprint density at radius 3 is 2.93 bits per heavy atom. The summed E-state index contributed by atoms with van der Waals surface area (Å²) < 4.78 is 0. The summed E-state index contributed by atoms with van der Waals surface area (Å²) >= 11 is 1.95. The van der Waals surface area contributed by atoms with Crippen LogP contribution >= 0.6 is 11.3 Å². The number of nitrogens with two attached hydrogens (primary N) is 1. The SMILES string of the molecule is CCc1ccc(CN2CCC[C@@H](N)C2)s1. The number of aryl methyl sites for hydroxylation is 1. The van der Waals surface area contributed by atoms with Crippen molar-refractivity contribution >= 4 is 11.3 Å². The molecule has 84 valence electrons. The second-order valence-corrected chi connectivity index (χ2v) is 5.61. The first-order chi connectivity index (χ1) is 7.28. The molecule has 0 aliphatic carbocycles. The maximum Gasteiger partial charge on any atom is 0.0328 e. The molecule has 1 aromatic heterocycles. The van der Waals surface area contributed by atoms with Crippen molar-refractivity contribution in [2.75, 3.05) is 13.1 Å². The quantitative estimate of drug-likeness (QED) is 0.853. The van der Waals surface area contributed by atoms with Crippen LogP contribution in [0.2, 0.25) is 0 Å². The molecule has 0 unspecified atom stereocenters. The summed E-state index contributed by atoms with van der Waals surface area (Å²) in [6.07, 6.45) is 3.61. The average molecular weight is 224 g/mol. The summed E-state index contributed by atoms with van der Waals surface area (Å²) in [6, 6.07) is 4.91. The van der Waals surface area contributed by atoms with E-state index >= 15 is 0 Å². The van der Waals surface area contributed by atoms with Crippen LogP contribution in [0.3, 0.4) is 0 Å². The van der Waals surface area contributed by atoms with Crippen molar-refractivity contribution in [1.82, 2.24) is 4.90 Å². The third-order valence-corrected chi connectivity index (χ3v) is 4.20. The molecule has 1 fully saturated rings. The second kappa shape index (κ2) is 5.10. The number of nitrogens with zero attached hydrogens (tertiary/aromatic N) is 1. The van der Waals surface area contributed by atoms with E-state index in [0.29, 0.717) is 6.04 Å². The molecule has 1 aromatic rings. The molecule has 1 saturated heterocycles. The molecule has 15 heavy (non-hydrogen) atoms. The van der Waals surface area contributed by atoms with Crippen LogP contribution in [0.5, 0.6) is 0 Å². The van der Waals surface area contributed by atoms with E-state index in [4.69, 9.17) is 5.73 Å². The third kappa shape index (κ3) is 3.03. The van der Waals surface area contributed by atoms with Gasteiger partial charge in [-0.3, -0.25) is 4.90 Å². The van der Waals surface area contributed by atoms with Gasteiger partial charge in [0.05, 0.1) is 0 Å². The van der Waals surface area contributed by atoms with Crippen molar-refractivity contribution in [2.24, 2.45) is 5.73 Å². The maximum absolute atomic E-state index is 5.97. The highest BCUT2D eigenvalue weighted by Gasteiger charge is 2.16. The van der Waals surface area contributed by atoms with E-state index < -0.39 is 0 Å². The molecule has 1 aliphatic rings. The molecule has 0 radical (unpaired) electrons. The van der Waals surface area contributed by atoms with E-state index in [2.05, 4.69) is 24.0 Å². The molecule has 2 N–H and O–H groups in total. The van der Waals surface area contributed by atoms with Crippen molar-refractivity contribution in [2.45, 2.75) is 38.8 Å². The molecule has 2 rings (SSSR count). The van der Waals surface area contributed by atoms with Crippen LogP contribution in [-0.4, -0.2) is 24.0 Å². The topological polar surface area (TPSA) is 29.3 Å². The van der Waals surface area contributed by atoms with Crippen LogP contribution in [0.25, 0.3) is 0 Å². The predicted octanol–water partition coefficient (Wildman–Crippen LogP) is 2.23. The minimum absolute atomic E-state index is 0.393. The molecule has 0 amide bonds. The Kier molecular flexibility index (Phi) is 3.78. The van der Waals surface area contributed by atoms with E-state index in [9.17, 15) is 0 Å². The van der Waals surface area contributed by atoms with Gasteiger partial charge in [-0.05, 0) is 37.9 Å². The monoisotopic (exact) mass is 224 g/mol. The van der Waals surface area contributed by atoms with Crippen molar-refractivity contribution in [3.8, 4) is 0 Å². The molecule has 0 bridgehead atoms. The molecule has 2 nitrogen and oxygen atoms in total. The Morgan fingerprint density at radius 2 is 2.27 bits per heavy atom. The molecule has 0 spiro atoms. The fourth-order valence-corrected chi connectivity index (χ4v) is 3.15. The predicted molar refractivity (Wildman–Crippen MR) is 66.2 cm³/mol. The molecule has 1 atom stereocenters. The van der Waals surface area contributed by atoms with Gasteiger partial charge in [-0.2, -0.15) is 0 Å². The molecular weight excluding hydrogens is 204 g/mol. The van der Waals surface area contributed by atoms with Crippen LogP contribution in [0.1, 0.15) is 29.5 Å². The smallest absolute Gasteiger partial charge is 0.0328 e. The number of likely N-dealkylation sites (tertiary alicyclic amines) is 1. The van der Waals surface area contributed by atoms with Gasteiger partial charge in [-0.15, -0.1) is 11.3 Å². The fourth-order valence-electron chi connectivity index (χ4n) is 2.15. The van der Waals surface area contributed by atoms with Gasteiger partial charge < -0.3 is 5.73 Å². The van der Waals surface area contributed by atoms with Crippen LogP contribution in [-0.2, 0) is 13.0 Å². The Morgan fingerprint density at radius 1 is 1.47 bits per heavy atom. The lowest BCUT2D eigenvalue weighted by Gasteiger charge is -2.30. The minimum Gasteiger partial charge on any atom is -0.327 e. The molecule has 3 heteroatoms. The van der Waals surface area contributed by atoms with E-state index in [1.54, 1.807) is 0 Å².